The number of amides is 1. The molecule has 1 amide bonds. The Balaban J connectivity index is 2.82. The molecule has 1 unspecified atom stereocenters. The van der Waals surface area contributed by atoms with Gasteiger partial charge in [0.05, 0.1) is 5.92 Å². The average Bonchev–Trinajstić information content (AvgIpc) is 2.34. The Labute approximate surface area is 124 Å². The molecule has 1 aromatic carbocycles. The highest BCUT2D eigenvalue weighted by Gasteiger charge is 2.24. The van der Waals surface area contributed by atoms with Gasteiger partial charge in [-0.3, -0.25) is 4.79 Å². The van der Waals surface area contributed by atoms with Gasteiger partial charge in [-0.05, 0) is 24.0 Å². The molecule has 6 heteroatoms. The predicted molar refractivity (Wildman–Crippen MR) is 80.3 cm³/mol. The summed E-state index contributed by atoms with van der Waals surface area (Å²) >= 11 is 0. The summed E-state index contributed by atoms with van der Waals surface area (Å²) in [6.07, 6.45) is 0.633. The minimum atomic E-state index is -1.22. The zero-order chi connectivity index (χ0) is 16.2. The number of aromatic hydroxyl groups is 1. The lowest BCUT2D eigenvalue weighted by molar-refractivity contribution is -0.120. The van der Waals surface area contributed by atoms with Gasteiger partial charge in [0, 0.05) is 18.3 Å². The molecule has 21 heavy (non-hydrogen) atoms. The zero-order valence-electron chi connectivity index (χ0n) is 12.5. The van der Waals surface area contributed by atoms with Crippen molar-refractivity contribution in [2.45, 2.75) is 27.2 Å². The summed E-state index contributed by atoms with van der Waals surface area (Å²) in [6.45, 7) is 6.30. The molecular weight excluding hydrogens is 272 g/mol. The highest BCUT2D eigenvalue weighted by molar-refractivity contribution is 5.95. The molecule has 0 aliphatic carbocycles. The first kappa shape index (κ1) is 17.0. The number of hydrogen-bond donors (Lipinski definition) is 4. The van der Waals surface area contributed by atoms with Gasteiger partial charge in [-0.1, -0.05) is 20.8 Å². The summed E-state index contributed by atoms with van der Waals surface area (Å²) in [4.78, 5) is 23.0. The maximum atomic E-state index is 12.2. The number of aromatic carboxylic acids is 1. The van der Waals surface area contributed by atoms with Crippen molar-refractivity contribution in [3.63, 3.8) is 0 Å². The Hall–Kier alpha value is -2.08. The lowest BCUT2D eigenvalue weighted by Crippen LogP contribution is -2.32. The number of carbonyl (C=O) groups excluding carboxylic acids is 1. The standard InChI is InChI=1S/C15H22N2O4/c1-15(2,3)7-9(8-16)13(19)17-10-4-5-11(14(20)21)12(18)6-10/h4-6,9,18H,7-8,16H2,1-3H3,(H,17,19)(H,20,21). The molecule has 0 aliphatic rings. The van der Waals surface area contributed by atoms with Crippen LogP contribution in [0.4, 0.5) is 5.69 Å². The van der Waals surface area contributed by atoms with Crippen LogP contribution in [0.3, 0.4) is 0 Å². The molecule has 0 saturated carbocycles. The number of nitrogens with two attached hydrogens (primary N) is 1. The van der Waals surface area contributed by atoms with Crippen molar-refractivity contribution in [2.24, 2.45) is 17.1 Å². The Morgan fingerprint density at radius 1 is 1.33 bits per heavy atom. The number of carbonyl (C=O) groups is 2. The van der Waals surface area contributed by atoms with Crippen LogP contribution in [-0.2, 0) is 4.79 Å². The van der Waals surface area contributed by atoms with E-state index in [1.165, 1.54) is 18.2 Å². The molecule has 5 N–H and O–H groups in total. The molecule has 116 valence electrons. The second kappa shape index (κ2) is 6.58. The summed E-state index contributed by atoms with van der Waals surface area (Å²) in [5, 5.41) is 21.1. The van der Waals surface area contributed by atoms with Gasteiger partial charge in [0.25, 0.3) is 0 Å². The molecule has 0 bridgehead atoms. The number of carboxylic acids is 1. The summed E-state index contributed by atoms with van der Waals surface area (Å²) in [5.41, 5.74) is 5.74. The van der Waals surface area contributed by atoms with Gasteiger partial charge < -0.3 is 21.3 Å². The number of hydrogen-bond acceptors (Lipinski definition) is 4. The molecule has 0 radical (unpaired) electrons. The lowest BCUT2D eigenvalue weighted by Gasteiger charge is -2.24. The van der Waals surface area contributed by atoms with E-state index in [-0.39, 0.29) is 35.1 Å². The van der Waals surface area contributed by atoms with E-state index in [1.807, 2.05) is 20.8 Å². The molecule has 0 aliphatic heterocycles. The van der Waals surface area contributed by atoms with E-state index in [9.17, 15) is 14.7 Å². The van der Waals surface area contributed by atoms with Crippen LogP contribution in [0.5, 0.6) is 5.75 Å². The Kier molecular flexibility index (Phi) is 5.32. The quantitative estimate of drug-likeness (QED) is 0.663. The zero-order valence-corrected chi connectivity index (χ0v) is 12.5. The number of rotatable bonds is 5. The van der Waals surface area contributed by atoms with E-state index in [4.69, 9.17) is 10.8 Å². The van der Waals surface area contributed by atoms with E-state index < -0.39 is 5.97 Å². The third kappa shape index (κ3) is 5.07. The van der Waals surface area contributed by atoms with Crippen molar-refractivity contribution in [2.75, 3.05) is 11.9 Å². The number of carboxylic acid groups (broad SMARTS) is 1. The van der Waals surface area contributed by atoms with Crippen molar-refractivity contribution in [3.8, 4) is 5.75 Å². The largest absolute Gasteiger partial charge is 0.507 e. The van der Waals surface area contributed by atoms with Crippen LogP contribution in [0.2, 0.25) is 0 Å². The van der Waals surface area contributed by atoms with Crippen LogP contribution in [0.15, 0.2) is 18.2 Å². The first-order chi connectivity index (χ1) is 9.64. The summed E-state index contributed by atoms with van der Waals surface area (Å²) in [5.74, 6) is -2.19. The first-order valence-electron chi connectivity index (χ1n) is 6.71. The van der Waals surface area contributed by atoms with Gasteiger partial charge in [0.1, 0.15) is 11.3 Å². The van der Waals surface area contributed by atoms with E-state index in [1.54, 1.807) is 0 Å². The average molecular weight is 294 g/mol. The Bertz CT molecular complexity index is 535. The van der Waals surface area contributed by atoms with E-state index >= 15 is 0 Å². The minimum Gasteiger partial charge on any atom is -0.507 e. The van der Waals surface area contributed by atoms with Gasteiger partial charge in [-0.25, -0.2) is 4.79 Å². The molecule has 0 heterocycles. The molecule has 1 rings (SSSR count). The number of benzene rings is 1. The first-order valence-corrected chi connectivity index (χ1v) is 6.71. The molecule has 0 aromatic heterocycles. The van der Waals surface area contributed by atoms with Gasteiger partial charge in [-0.15, -0.1) is 0 Å². The van der Waals surface area contributed by atoms with Crippen LogP contribution in [0.25, 0.3) is 0 Å². The van der Waals surface area contributed by atoms with E-state index in [0.29, 0.717) is 12.1 Å². The maximum Gasteiger partial charge on any atom is 0.339 e. The highest BCUT2D eigenvalue weighted by Crippen LogP contribution is 2.26. The monoisotopic (exact) mass is 294 g/mol. The smallest absolute Gasteiger partial charge is 0.339 e. The van der Waals surface area contributed by atoms with Crippen LogP contribution in [0, 0.1) is 11.3 Å². The maximum absolute atomic E-state index is 12.2. The second-order valence-corrected chi connectivity index (χ2v) is 6.22. The number of anilines is 1. The number of phenols is 1. The van der Waals surface area contributed by atoms with E-state index in [2.05, 4.69) is 5.32 Å². The molecule has 0 fully saturated rings. The van der Waals surface area contributed by atoms with Crippen LogP contribution < -0.4 is 11.1 Å². The normalized spacial score (nSPS) is 12.8. The van der Waals surface area contributed by atoms with Crippen molar-refractivity contribution in [1.29, 1.82) is 0 Å². The van der Waals surface area contributed by atoms with Crippen LogP contribution in [0.1, 0.15) is 37.6 Å². The van der Waals surface area contributed by atoms with Gasteiger partial charge in [0.15, 0.2) is 0 Å². The molecule has 0 saturated heterocycles. The fourth-order valence-corrected chi connectivity index (χ4v) is 2.06. The van der Waals surface area contributed by atoms with Gasteiger partial charge in [-0.2, -0.15) is 0 Å². The third-order valence-corrected chi connectivity index (χ3v) is 3.01. The van der Waals surface area contributed by atoms with Crippen molar-refractivity contribution in [1.82, 2.24) is 0 Å². The second-order valence-electron chi connectivity index (χ2n) is 6.22. The Morgan fingerprint density at radius 2 is 1.95 bits per heavy atom. The number of nitrogens with one attached hydrogen (secondary N) is 1. The van der Waals surface area contributed by atoms with Crippen molar-refractivity contribution in [3.05, 3.63) is 23.8 Å². The molecule has 1 aromatic rings. The van der Waals surface area contributed by atoms with Crippen LogP contribution in [-0.4, -0.2) is 28.6 Å². The molecular formula is C15H22N2O4. The van der Waals surface area contributed by atoms with Crippen LogP contribution >= 0.6 is 0 Å². The van der Waals surface area contributed by atoms with Crippen molar-refractivity contribution < 1.29 is 19.8 Å². The Morgan fingerprint density at radius 3 is 2.38 bits per heavy atom. The highest BCUT2D eigenvalue weighted by atomic mass is 16.4. The van der Waals surface area contributed by atoms with Gasteiger partial charge in [0.2, 0.25) is 5.91 Å². The molecule has 6 nitrogen and oxygen atoms in total. The summed E-state index contributed by atoms with van der Waals surface area (Å²) < 4.78 is 0. The predicted octanol–water partition coefficient (Wildman–Crippen LogP) is 2.04. The minimum absolute atomic E-state index is 0.0311. The molecule has 1 atom stereocenters. The van der Waals surface area contributed by atoms with E-state index in [0.717, 1.165) is 0 Å². The van der Waals surface area contributed by atoms with Crippen molar-refractivity contribution >= 4 is 17.6 Å². The SMILES string of the molecule is CC(C)(C)CC(CN)C(=O)Nc1ccc(C(=O)O)c(O)c1. The molecule has 0 spiro atoms. The summed E-state index contributed by atoms with van der Waals surface area (Å²) in [6, 6.07) is 3.90. The van der Waals surface area contributed by atoms with Gasteiger partial charge >= 0.3 is 5.97 Å². The lowest BCUT2D eigenvalue weighted by atomic mass is 9.84. The topological polar surface area (TPSA) is 113 Å². The third-order valence-electron chi connectivity index (χ3n) is 3.01. The summed E-state index contributed by atoms with van der Waals surface area (Å²) in [7, 11) is 0. The fourth-order valence-electron chi connectivity index (χ4n) is 2.06. The fraction of sp³-hybridized carbons (Fsp3) is 0.467.